The Morgan fingerprint density at radius 1 is 0.353 bits per heavy atom. The fourth-order valence-electron chi connectivity index (χ4n) is 13.2. The van der Waals surface area contributed by atoms with E-state index in [1.54, 1.807) is 0 Å². The molecule has 0 bridgehead atoms. The molecule has 1 aliphatic heterocycles. The summed E-state index contributed by atoms with van der Waals surface area (Å²) in [5.41, 5.74) is 0. The summed E-state index contributed by atoms with van der Waals surface area (Å²) in [6.07, 6.45) is 77.8. The van der Waals surface area contributed by atoms with Crippen molar-refractivity contribution in [3.8, 4) is 0 Å². The zero-order valence-electron chi connectivity index (χ0n) is 57.2. The standard InChI is InChI=1S/C76H151NO8/c1-3-5-7-9-11-13-15-17-19-21-23-25-27-29-30-31-32-33-34-35-36-37-38-39-40-42-44-46-48-50-52-54-56-58-60-62-64-66-72(80)77-69(68-84-76-75(83)74(82)73(81)71(67-78)85-76)70(79)65-63-61-59-57-55-53-51-49-47-45-43-41-28-26-24-22-20-18-16-14-12-10-8-6-4-2/h69-71,73-76,78-79,81-83H,3-68H2,1-2H3,(H,77,80). The van der Waals surface area contributed by atoms with Gasteiger partial charge in [0, 0.05) is 6.42 Å². The first kappa shape index (κ1) is 82.2. The van der Waals surface area contributed by atoms with Gasteiger partial charge in [-0.3, -0.25) is 4.79 Å². The molecule has 0 aliphatic carbocycles. The number of carbonyl (C=O) groups is 1. The van der Waals surface area contributed by atoms with Gasteiger partial charge in [-0.2, -0.15) is 0 Å². The Bertz CT molecular complexity index is 1300. The molecule has 0 spiro atoms. The Hall–Kier alpha value is -0.810. The Kier molecular flexibility index (Phi) is 63.9. The van der Waals surface area contributed by atoms with Crippen LogP contribution in [0.25, 0.3) is 0 Å². The third-order valence-corrected chi connectivity index (χ3v) is 19.2. The molecule has 0 aromatic rings. The molecule has 7 unspecified atom stereocenters. The summed E-state index contributed by atoms with van der Waals surface area (Å²) in [4.78, 5) is 13.2. The highest BCUT2D eigenvalue weighted by Crippen LogP contribution is 2.24. The minimum Gasteiger partial charge on any atom is -0.394 e. The fourth-order valence-corrected chi connectivity index (χ4v) is 13.2. The van der Waals surface area contributed by atoms with Crippen LogP contribution in [0, 0.1) is 0 Å². The van der Waals surface area contributed by atoms with Gasteiger partial charge in [-0.25, -0.2) is 0 Å². The molecule has 9 nitrogen and oxygen atoms in total. The van der Waals surface area contributed by atoms with E-state index in [1.165, 1.54) is 360 Å². The average Bonchev–Trinajstić information content (AvgIpc) is 3.57. The number of amides is 1. The molecule has 7 atom stereocenters. The molecule has 1 rings (SSSR count). The zero-order chi connectivity index (χ0) is 61.4. The molecule has 0 radical (unpaired) electrons. The van der Waals surface area contributed by atoms with Gasteiger partial charge >= 0.3 is 0 Å². The largest absolute Gasteiger partial charge is 0.394 e. The first-order chi connectivity index (χ1) is 41.8. The number of nitrogens with one attached hydrogen (secondary N) is 1. The van der Waals surface area contributed by atoms with Crippen molar-refractivity contribution in [3.63, 3.8) is 0 Å². The second-order valence-electron chi connectivity index (χ2n) is 27.5. The normalized spacial score (nSPS) is 17.9. The summed E-state index contributed by atoms with van der Waals surface area (Å²) in [7, 11) is 0. The van der Waals surface area contributed by atoms with Crippen LogP contribution in [0.15, 0.2) is 0 Å². The number of hydrogen-bond acceptors (Lipinski definition) is 8. The van der Waals surface area contributed by atoms with Gasteiger partial charge in [-0.05, 0) is 12.8 Å². The Morgan fingerprint density at radius 2 is 0.588 bits per heavy atom. The maximum atomic E-state index is 13.2. The lowest BCUT2D eigenvalue weighted by Crippen LogP contribution is -2.60. The van der Waals surface area contributed by atoms with Crippen LogP contribution in [0.3, 0.4) is 0 Å². The SMILES string of the molecule is CCCCCCCCCCCCCCCCCCCCCCCCCCCCCCCCCCCCCCCC(=O)NC(COC1OC(CO)C(O)C(O)C1O)C(O)CCCCCCCCCCCCCCCCCCCCCCCCCCC. The van der Waals surface area contributed by atoms with E-state index >= 15 is 0 Å². The minimum atomic E-state index is -1.55. The molecular weight excluding hydrogens is 1050 g/mol. The van der Waals surface area contributed by atoms with Gasteiger partial charge < -0.3 is 40.3 Å². The molecule has 1 fully saturated rings. The van der Waals surface area contributed by atoms with Crippen molar-refractivity contribution in [1.82, 2.24) is 5.32 Å². The van der Waals surface area contributed by atoms with Crippen molar-refractivity contribution in [2.24, 2.45) is 0 Å². The van der Waals surface area contributed by atoms with Crippen LogP contribution in [0.4, 0.5) is 0 Å². The lowest BCUT2D eigenvalue weighted by atomic mass is 9.99. The van der Waals surface area contributed by atoms with Crippen molar-refractivity contribution >= 4 is 5.91 Å². The Morgan fingerprint density at radius 3 is 0.835 bits per heavy atom. The second kappa shape index (κ2) is 66.1. The van der Waals surface area contributed by atoms with Crippen molar-refractivity contribution in [1.29, 1.82) is 0 Å². The number of hydrogen-bond donors (Lipinski definition) is 6. The van der Waals surface area contributed by atoms with Crippen LogP contribution in [0.2, 0.25) is 0 Å². The van der Waals surface area contributed by atoms with Crippen LogP contribution in [-0.4, -0.2) is 87.5 Å². The van der Waals surface area contributed by atoms with E-state index in [4.69, 9.17) is 9.47 Å². The maximum absolute atomic E-state index is 13.2. The van der Waals surface area contributed by atoms with E-state index in [1.807, 2.05) is 0 Å². The molecule has 1 heterocycles. The molecule has 85 heavy (non-hydrogen) atoms. The third-order valence-electron chi connectivity index (χ3n) is 19.2. The van der Waals surface area contributed by atoms with E-state index in [0.717, 1.165) is 38.5 Å². The summed E-state index contributed by atoms with van der Waals surface area (Å²) in [5, 5.41) is 55.0. The third kappa shape index (κ3) is 54.6. The van der Waals surface area contributed by atoms with Gasteiger partial charge in [0.25, 0.3) is 0 Å². The van der Waals surface area contributed by atoms with Gasteiger partial charge in [0.05, 0.1) is 25.4 Å². The second-order valence-corrected chi connectivity index (χ2v) is 27.5. The zero-order valence-corrected chi connectivity index (χ0v) is 57.2. The lowest BCUT2D eigenvalue weighted by Gasteiger charge is -2.40. The smallest absolute Gasteiger partial charge is 0.220 e. The van der Waals surface area contributed by atoms with E-state index in [9.17, 15) is 30.3 Å². The van der Waals surface area contributed by atoms with E-state index in [-0.39, 0.29) is 12.5 Å². The van der Waals surface area contributed by atoms with Gasteiger partial charge in [0.15, 0.2) is 6.29 Å². The van der Waals surface area contributed by atoms with Crippen molar-refractivity contribution < 1.29 is 39.8 Å². The van der Waals surface area contributed by atoms with Gasteiger partial charge in [-0.15, -0.1) is 0 Å². The van der Waals surface area contributed by atoms with Crippen LogP contribution < -0.4 is 5.32 Å². The fraction of sp³-hybridized carbons (Fsp3) is 0.987. The molecule has 1 amide bonds. The Labute approximate surface area is 529 Å². The van der Waals surface area contributed by atoms with Gasteiger partial charge in [0.2, 0.25) is 5.91 Å². The predicted octanol–water partition coefficient (Wildman–Crippen LogP) is 21.7. The van der Waals surface area contributed by atoms with E-state index in [2.05, 4.69) is 19.2 Å². The lowest BCUT2D eigenvalue weighted by molar-refractivity contribution is -0.302. The number of carbonyl (C=O) groups excluding carboxylic acids is 1. The summed E-state index contributed by atoms with van der Waals surface area (Å²) < 4.78 is 11.4. The molecule has 0 saturated carbocycles. The highest BCUT2D eigenvalue weighted by atomic mass is 16.7. The number of ether oxygens (including phenoxy) is 2. The molecule has 0 aromatic carbocycles. The number of rotatable bonds is 70. The van der Waals surface area contributed by atoms with Crippen LogP contribution in [-0.2, 0) is 14.3 Å². The number of aliphatic hydroxyl groups excluding tert-OH is 5. The maximum Gasteiger partial charge on any atom is 0.220 e. The number of aliphatic hydroxyl groups is 5. The average molecular weight is 1210 g/mol. The highest BCUT2D eigenvalue weighted by Gasteiger charge is 2.44. The van der Waals surface area contributed by atoms with Gasteiger partial charge in [-0.1, -0.05) is 406 Å². The van der Waals surface area contributed by atoms with E-state index in [0.29, 0.717) is 12.8 Å². The van der Waals surface area contributed by atoms with E-state index < -0.39 is 49.5 Å². The molecule has 6 N–H and O–H groups in total. The topological polar surface area (TPSA) is 149 Å². The summed E-state index contributed by atoms with van der Waals surface area (Å²) in [6.45, 7) is 3.92. The minimum absolute atomic E-state index is 0.130. The number of unbranched alkanes of at least 4 members (excludes halogenated alkanes) is 60. The summed E-state index contributed by atoms with van der Waals surface area (Å²) in [5.74, 6) is -0.132. The molecule has 0 aromatic heterocycles. The van der Waals surface area contributed by atoms with Crippen LogP contribution in [0.5, 0.6) is 0 Å². The first-order valence-electron chi connectivity index (χ1n) is 38.7. The molecule has 1 aliphatic rings. The molecule has 9 heteroatoms. The van der Waals surface area contributed by atoms with Crippen molar-refractivity contribution in [3.05, 3.63) is 0 Å². The summed E-state index contributed by atoms with van der Waals surface area (Å²) >= 11 is 0. The molecular formula is C76H151NO8. The van der Waals surface area contributed by atoms with Crippen molar-refractivity contribution in [2.75, 3.05) is 13.2 Å². The van der Waals surface area contributed by atoms with Crippen molar-refractivity contribution in [2.45, 2.75) is 468 Å². The quantitative estimate of drug-likeness (QED) is 0.0330. The molecule has 508 valence electrons. The molecule has 1 saturated heterocycles. The Balaban J connectivity index is 2.03. The first-order valence-corrected chi connectivity index (χ1v) is 38.7. The van der Waals surface area contributed by atoms with Gasteiger partial charge in [0.1, 0.15) is 24.4 Å². The summed E-state index contributed by atoms with van der Waals surface area (Å²) in [6, 6.07) is -0.716. The van der Waals surface area contributed by atoms with Crippen LogP contribution >= 0.6 is 0 Å². The highest BCUT2D eigenvalue weighted by molar-refractivity contribution is 5.76. The van der Waals surface area contributed by atoms with Crippen LogP contribution in [0.1, 0.15) is 425 Å². The predicted molar refractivity (Wildman–Crippen MR) is 364 cm³/mol. The monoisotopic (exact) mass is 1210 g/mol.